The van der Waals surface area contributed by atoms with Crippen LogP contribution in [-0.2, 0) is 14.6 Å². The molecule has 0 aliphatic carbocycles. The van der Waals surface area contributed by atoms with E-state index in [9.17, 15) is 22.0 Å². The minimum Gasteiger partial charge on any atom is -0.293 e. The van der Waals surface area contributed by atoms with E-state index in [-0.39, 0.29) is 12.2 Å². The average molecular weight is 212 g/mol. The number of hydrogen-bond donors (Lipinski definition) is 0. The Morgan fingerprint density at radius 1 is 1.46 bits per heavy atom. The van der Waals surface area contributed by atoms with Gasteiger partial charge in [0, 0.05) is 12.8 Å². The van der Waals surface area contributed by atoms with Gasteiger partial charge in [0.1, 0.15) is 0 Å². The highest BCUT2D eigenvalue weighted by Gasteiger charge is 2.49. The van der Waals surface area contributed by atoms with E-state index in [4.69, 9.17) is 0 Å². The van der Waals surface area contributed by atoms with Crippen LogP contribution in [-0.4, -0.2) is 31.6 Å². The molecule has 0 spiro atoms. The lowest BCUT2D eigenvalue weighted by Crippen LogP contribution is -2.36. The maximum absolute atomic E-state index is 13.0. The van der Waals surface area contributed by atoms with Crippen molar-refractivity contribution in [2.24, 2.45) is 5.92 Å². The van der Waals surface area contributed by atoms with Gasteiger partial charge in [0.2, 0.25) is 0 Å². The molecule has 13 heavy (non-hydrogen) atoms. The Hall–Kier alpha value is -0.520. The molecule has 0 aromatic rings. The highest BCUT2D eigenvalue weighted by atomic mass is 32.2. The third-order valence-corrected chi connectivity index (χ3v) is 3.98. The summed E-state index contributed by atoms with van der Waals surface area (Å²) >= 11 is 0. The highest BCUT2D eigenvalue weighted by molar-refractivity contribution is 7.91. The Labute approximate surface area is 75.0 Å². The smallest absolute Gasteiger partial charge is 0.293 e. The molecule has 1 aliphatic heterocycles. The first-order chi connectivity index (χ1) is 5.76. The number of alkyl halides is 2. The zero-order chi connectivity index (χ0) is 10.3. The van der Waals surface area contributed by atoms with Gasteiger partial charge in [-0.25, -0.2) is 8.42 Å². The van der Waals surface area contributed by atoms with E-state index in [0.29, 0.717) is 0 Å². The Morgan fingerprint density at radius 2 is 2.00 bits per heavy atom. The van der Waals surface area contributed by atoms with Gasteiger partial charge in [0.25, 0.3) is 0 Å². The molecule has 0 bridgehead atoms. The average Bonchev–Trinajstić information content (AvgIpc) is 2.30. The van der Waals surface area contributed by atoms with Crippen molar-refractivity contribution in [1.29, 1.82) is 0 Å². The summed E-state index contributed by atoms with van der Waals surface area (Å²) in [7, 11) is -3.34. The van der Waals surface area contributed by atoms with Crippen molar-refractivity contribution in [3.05, 3.63) is 0 Å². The summed E-state index contributed by atoms with van der Waals surface area (Å²) in [6.07, 6.45) is -0.116. The fourth-order valence-corrected chi connectivity index (χ4v) is 3.17. The standard InChI is InChI=1S/C7H10F2O3S/c1-5(10)7(8,9)6-2-3-13(11,12)4-6/h6H,2-4H2,1H3. The monoisotopic (exact) mass is 212 g/mol. The molecule has 0 radical (unpaired) electrons. The first kappa shape index (κ1) is 10.6. The topological polar surface area (TPSA) is 51.2 Å². The molecule has 3 nitrogen and oxygen atoms in total. The number of ketones is 1. The van der Waals surface area contributed by atoms with Gasteiger partial charge in [-0.15, -0.1) is 0 Å². The van der Waals surface area contributed by atoms with E-state index in [1.165, 1.54) is 0 Å². The number of Topliss-reactive ketones (excluding diaryl/α,β-unsaturated/α-hetero) is 1. The number of rotatable bonds is 2. The van der Waals surface area contributed by atoms with Crippen LogP contribution in [0.3, 0.4) is 0 Å². The summed E-state index contributed by atoms with van der Waals surface area (Å²) in [5.74, 6) is -6.87. The van der Waals surface area contributed by atoms with Crippen molar-refractivity contribution in [3.8, 4) is 0 Å². The zero-order valence-electron chi connectivity index (χ0n) is 7.09. The molecule has 1 saturated heterocycles. The fraction of sp³-hybridized carbons (Fsp3) is 0.857. The normalized spacial score (nSPS) is 27.5. The third-order valence-electron chi connectivity index (χ3n) is 2.21. The first-order valence-corrected chi connectivity index (χ1v) is 5.67. The molecular weight excluding hydrogens is 202 g/mol. The molecule has 0 aromatic carbocycles. The largest absolute Gasteiger partial charge is 0.308 e. The molecule has 1 atom stereocenters. The van der Waals surface area contributed by atoms with Gasteiger partial charge in [-0.1, -0.05) is 0 Å². The predicted molar refractivity (Wildman–Crippen MR) is 42.4 cm³/mol. The van der Waals surface area contributed by atoms with Gasteiger partial charge in [0.15, 0.2) is 15.6 Å². The van der Waals surface area contributed by atoms with Crippen LogP contribution < -0.4 is 0 Å². The summed E-state index contributed by atoms with van der Waals surface area (Å²) in [6, 6.07) is 0. The molecule has 1 rings (SSSR count). The zero-order valence-corrected chi connectivity index (χ0v) is 7.90. The number of carbonyl (C=O) groups is 1. The predicted octanol–water partition coefficient (Wildman–Crippen LogP) is 0.645. The lowest BCUT2D eigenvalue weighted by molar-refractivity contribution is -0.147. The summed E-state index contributed by atoms with van der Waals surface area (Å²) in [6.45, 7) is 0.783. The highest BCUT2D eigenvalue weighted by Crippen LogP contribution is 2.34. The lowest BCUT2D eigenvalue weighted by Gasteiger charge is -2.18. The van der Waals surface area contributed by atoms with Crippen molar-refractivity contribution in [3.63, 3.8) is 0 Å². The van der Waals surface area contributed by atoms with E-state index in [1.807, 2.05) is 0 Å². The number of halogens is 2. The second kappa shape index (κ2) is 3.01. The van der Waals surface area contributed by atoms with Crippen molar-refractivity contribution in [1.82, 2.24) is 0 Å². The molecule has 0 aromatic heterocycles. The van der Waals surface area contributed by atoms with Crippen LogP contribution in [0.5, 0.6) is 0 Å². The molecular formula is C7H10F2O3S. The van der Waals surface area contributed by atoms with Crippen molar-refractivity contribution in [2.75, 3.05) is 11.5 Å². The Balaban J connectivity index is 2.82. The minimum atomic E-state index is -3.48. The van der Waals surface area contributed by atoms with Crippen LogP contribution in [0.2, 0.25) is 0 Å². The summed E-state index contributed by atoms with van der Waals surface area (Å²) in [4.78, 5) is 10.5. The van der Waals surface area contributed by atoms with Gasteiger partial charge in [-0.2, -0.15) is 8.78 Å². The van der Waals surface area contributed by atoms with Gasteiger partial charge in [-0.3, -0.25) is 4.79 Å². The van der Waals surface area contributed by atoms with Gasteiger partial charge in [0.05, 0.1) is 11.5 Å². The molecule has 1 fully saturated rings. The molecule has 0 saturated carbocycles. The second-order valence-corrected chi connectivity index (χ2v) is 5.51. The summed E-state index contributed by atoms with van der Waals surface area (Å²) < 4.78 is 47.7. The number of carbonyl (C=O) groups excluding carboxylic acids is 1. The first-order valence-electron chi connectivity index (χ1n) is 3.85. The quantitative estimate of drug-likeness (QED) is 0.675. The van der Waals surface area contributed by atoms with Gasteiger partial charge >= 0.3 is 5.92 Å². The van der Waals surface area contributed by atoms with Gasteiger partial charge in [-0.05, 0) is 6.42 Å². The maximum Gasteiger partial charge on any atom is 0.308 e. The molecule has 0 N–H and O–H groups in total. The molecule has 6 heteroatoms. The molecule has 1 unspecified atom stereocenters. The third kappa shape index (κ3) is 2.04. The second-order valence-electron chi connectivity index (χ2n) is 3.28. The van der Waals surface area contributed by atoms with E-state index in [1.54, 1.807) is 0 Å². The fourth-order valence-electron chi connectivity index (χ4n) is 1.37. The van der Waals surface area contributed by atoms with Crippen LogP contribution in [0.15, 0.2) is 0 Å². The van der Waals surface area contributed by atoms with E-state index < -0.39 is 33.2 Å². The summed E-state index contributed by atoms with van der Waals surface area (Å²) in [5, 5.41) is 0. The van der Waals surface area contributed by atoms with E-state index in [2.05, 4.69) is 0 Å². The summed E-state index contributed by atoms with van der Waals surface area (Å²) in [5.41, 5.74) is 0. The maximum atomic E-state index is 13.0. The van der Waals surface area contributed by atoms with Gasteiger partial charge < -0.3 is 0 Å². The number of hydrogen-bond acceptors (Lipinski definition) is 3. The van der Waals surface area contributed by atoms with Crippen LogP contribution in [0, 0.1) is 5.92 Å². The minimum absolute atomic E-state index is 0.116. The van der Waals surface area contributed by atoms with Crippen molar-refractivity contribution < 1.29 is 22.0 Å². The van der Waals surface area contributed by atoms with E-state index in [0.717, 1.165) is 6.92 Å². The van der Waals surface area contributed by atoms with Crippen molar-refractivity contribution in [2.45, 2.75) is 19.3 Å². The Bertz CT molecular complexity index is 321. The lowest BCUT2D eigenvalue weighted by atomic mass is 9.98. The molecule has 1 heterocycles. The molecule has 0 amide bonds. The van der Waals surface area contributed by atoms with E-state index >= 15 is 0 Å². The van der Waals surface area contributed by atoms with Crippen LogP contribution in [0.25, 0.3) is 0 Å². The molecule has 76 valence electrons. The van der Waals surface area contributed by atoms with Crippen LogP contribution >= 0.6 is 0 Å². The molecule has 1 aliphatic rings. The number of sulfone groups is 1. The van der Waals surface area contributed by atoms with Crippen LogP contribution in [0.4, 0.5) is 8.78 Å². The SMILES string of the molecule is CC(=O)C(F)(F)C1CCS(=O)(=O)C1. The Morgan fingerprint density at radius 3 is 2.31 bits per heavy atom. The van der Waals surface area contributed by atoms with Crippen LogP contribution in [0.1, 0.15) is 13.3 Å². The Kier molecular flexibility index (Phi) is 2.44. The van der Waals surface area contributed by atoms with Crippen molar-refractivity contribution >= 4 is 15.6 Å².